The summed E-state index contributed by atoms with van der Waals surface area (Å²) in [5, 5.41) is 5.54. The third kappa shape index (κ3) is 3.90. The van der Waals surface area contributed by atoms with Gasteiger partial charge in [0.1, 0.15) is 0 Å². The Balaban J connectivity index is 1.60. The van der Waals surface area contributed by atoms with Crippen molar-refractivity contribution in [3.8, 4) is 11.3 Å². The minimum atomic E-state index is -4.55. The summed E-state index contributed by atoms with van der Waals surface area (Å²) in [4.78, 5) is 22.2. The zero-order chi connectivity index (χ0) is 20.4. The van der Waals surface area contributed by atoms with Crippen LogP contribution in [0.3, 0.4) is 0 Å². The Morgan fingerprint density at radius 3 is 2.69 bits per heavy atom. The molecule has 29 heavy (non-hydrogen) atoms. The number of thiazole rings is 1. The molecule has 0 unspecified atom stereocenters. The smallest absolute Gasteiger partial charge is 0.313 e. The summed E-state index contributed by atoms with van der Waals surface area (Å²) in [5.74, 6) is -0.986. The van der Waals surface area contributed by atoms with Crippen LogP contribution in [-0.2, 0) is 11.0 Å². The summed E-state index contributed by atoms with van der Waals surface area (Å²) in [5.41, 5.74) is 0.918. The molecule has 0 N–H and O–H groups in total. The summed E-state index contributed by atoms with van der Waals surface area (Å²) in [6.07, 6.45) is -1.43. The molecule has 2 heterocycles. The van der Waals surface area contributed by atoms with Crippen LogP contribution in [-0.4, -0.2) is 21.6 Å². The fourth-order valence-electron chi connectivity index (χ4n) is 2.73. The third-order valence-corrected chi connectivity index (χ3v) is 4.84. The Morgan fingerprint density at radius 1 is 1.14 bits per heavy atom. The predicted octanol–water partition coefficient (Wildman–Crippen LogP) is 5.27. The van der Waals surface area contributed by atoms with Gasteiger partial charge in [0.15, 0.2) is 4.96 Å². The largest absolute Gasteiger partial charge is 0.416 e. The van der Waals surface area contributed by atoms with Crippen molar-refractivity contribution in [2.75, 3.05) is 0 Å². The van der Waals surface area contributed by atoms with Gasteiger partial charge in [0.2, 0.25) is 0 Å². The van der Waals surface area contributed by atoms with E-state index in [4.69, 9.17) is 4.84 Å². The summed E-state index contributed by atoms with van der Waals surface area (Å²) >= 11 is 1.43. The molecule has 0 fully saturated rings. The van der Waals surface area contributed by atoms with Crippen LogP contribution in [0.15, 0.2) is 71.3 Å². The van der Waals surface area contributed by atoms with E-state index in [0.717, 1.165) is 28.7 Å². The van der Waals surface area contributed by atoms with Gasteiger partial charge < -0.3 is 4.84 Å². The van der Waals surface area contributed by atoms with Crippen LogP contribution in [0.5, 0.6) is 0 Å². The number of rotatable bonds is 4. The lowest BCUT2D eigenvalue weighted by Gasteiger charge is -2.07. The average Bonchev–Trinajstić information content (AvgIpc) is 3.30. The Kier molecular flexibility index (Phi) is 4.89. The number of carbonyl (C=O) groups excluding carboxylic acids is 1. The molecule has 0 saturated heterocycles. The Hall–Kier alpha value is -3.46. The Labute approximate surface area is 166 Å². The molecule has 146 valence electrons. The summed E-state index contributed by atoms with van der Waals surface area (Å²) in [6.45, 7) is 0. The highest BCUT2D eigenvalue weighted by atomic mass is 32.1. The molecule has 9 heteroatoms. The lowest BCUT2D eigenvalue weighted by atomic mass is 10.1. The zero-order valence-corrected chi connectivity index (χ0v) is 15.4. The lowest BCUT2D eigenvalue weighted by Crippen LogP contribution is -2.08. The first-order valence-corrected chi connectivity index (χ1v) is 9.24. The van der Waals surface area contributed by atoms with Crippen molar-refractivity contribution in [2.24, 2.45) is 5.16 Å². The number of nitrogens with zero attached hydrogens (tertiary/aromatic N) is 3. The highest BCUT2D eigenvalue weighted by Crippen LogP contribution is 2.30. The van der Waals surface area contributed by atoms with Crippen LogP contribution in [0.2, 0.25) is 0 Å². The number of aromatic nitrogens is 2. The molecule has 0 amide bonds. The number of oxime groups is 1. The van der Waals surface area contributed by atoms with E-state index in [-0.39, 0.29) is 5.56 Å². The molecule has 0 spiro atoms. The molecular weight excluding hydrogens is 403 g/mol. The topological polar surface area (TPSA) is 56.0 Å². The number of hydrogen-bond donors (Lipinski definition) is 0. The van der Waals surface area contributed by atoms with Gasteiger partial charge in [-0.1, -0.05) is 41.6 Å². The molecular formula is C20H12F3N3O2S. The average molecular weight is 415 g/mol. The van der Waals surface area contributed by atoms with E-state index in [0.29, 0.717) is 11.4 Å². The van der Waals surface area contributed by atoms with Gasteiger partial charge in [-0.05, 0) is 18.2 Å². The Bertz CT molecular complexity index is 1200. The minimum Gasteiger partial charge on any atom is -0.313 e. The van der Waals surface area contributed by atoms with Crippen LogP contribution in [0.4, 0.5) is 13.2 Å². The van der Waals surface area contributed by atoms with Crippen LogP contribution in [0.25, 0.3) is 16.2 Å². The SMILES string of the molecule is O=C(ON=Cc1c(-c2ccccc2)nc2sccn12)c1cccc(C(F)(F)F)c1. The van der Waals surface area contributed by atoms with E-state index in [9.17, 15) is 18.0 Å². The fraction of sp³-hybridized carbons (Fsp3) is 0.0500. The van der Waals surface area contributed by atoms with Crippen molar-refractivity contribution in [3.05, 3.63) is 83.0 Å². The van der Waals surface area contributed by atoms with Crippen molar-refractivity contribution in [2.45, 2.75) is 6.18 Å². The van der Waals surface area contributed by atoms with Crippen LogP contribution in [0, 0.1) is 0 Å². The molecule has 5 nitrogen and oxygen atoms in total. The third-order valence-electron chi connectivity index (χ3n) is 4.08. The quantitative estimate of drug-likeness (QED) is 0.259. The molecule has 0 aliphatic heterocycles. The van der Waals surface area contributed by atoms with Crippen LogP contribution in [0.1, 0.15) is 21.6 Å². The maximum Gasteiger partial charge on any atom is 0.416 e. The van der Waals surface area contributed by atoms with Crippen molar-refractivity contribution in [1.29, 1.82) is 0 Å². The van der Waals surface area contributed by atoms with E-state index >= 15 is 0 Å². The first kappa shape index (κ1) is 18.9. The van der Waals surface area contributed by atoms with Gasteiger partial charge in [0.25, 0.3) is 0 Å². The van der Waals surface area contributed by atoms with Crippen molar-refractivity contribution >= 4 is 28.5 Å². The van der Waals surface area contributed by atoms with Gasteiger partial charge in [-0.15, -0.1) is 11.3 Å². The van der Waals surface area contributed by atoms with E-state index < -0.39 is 17.7 Å². The number of carbonyl (C=O) groups is 1. The zero-order valence-electron chi connectivity index (χ0n) is 14.6. The Morgan fingerprint density at radius 2 is 1.93 bits per heavy atom. The molecule has 4 rings (SSSR count). The molecule has 0 radical (unpaired) electrons. The maximum atomic E-state index is 12.8. The molecule has 0 aliphatic rings. The van der Waals surface area contributed by atoms with Gasteiger partial charge in [0.05, 0.1) is 28.7 Å². The highest BCUT2D eigenvalue weighted by molar-refractivity contribution is 7.15. The second-order valence-electron chi connectivity index (χ2n) is 5.96. The minimum absolute atomic E-state index is 0.241. The molecule has 2 aromatic carbocycles. The predicted molar refractivity (Wildman–Crippen MR) is 103 cm³/mol. The van der Waals surface area contributed by atoms with E-state index in [2.05, 4.69) is 10.1 Å². The normalized spacial score (nSPS) is 12.0. The van der Waals surface area contributed by atoms with Crippen molar-refractivity contribution < 1.29 is 22.8 Å². The molecule has 0 saturated carbocycles. The number of hydrogen-bond acceptors (Lipinski definition) is 5. The second kappa shape index (κ2) is 7.51. The van der Waals surface area contributed by atoms with Gasteiger partial charge in [-0.2, -0.15) is 13.2 Å². The first-order chi connectivity index (χ1) is 13.9. The lowest BCUT2D eigenvalue weighted by molar-refractivity contribution is -0.137. The summed E-state index contributed by atoms with van der Waals surface area (Å²) in [7, 11) is 0. The molecule has 0 aliphatic carbocycles. The summed E-state index contributed by atoms with van der Waals surface area (Å²) < 4.78 is 40.2. The second-order valence-corrected chi connectivity index (χ2v) is 6.83. The van der Waals surface area contributed by atoms with Crippen molar-refractivity contribution in [1.82, 2.24) is 9.38 Å². The fourth-order valence-corrected chi connectivity index (χ4v) is 3.46. The number of alkyl halides is 3. The van der Waals surface area contributed by atoms with Gasteiger partial charge in [-0.25, -0.2) is 9.78 Å². The first-order valence-electron chi connectivity index (χ1n) is 8.36. The molecule has 0 atom stereocenters. The van der Waals surface area contributed by atoms with Gasteiger partial charge in [-0.3, -0.25) is 4.40 Å². The molecule has 4 aromatic rings. The van der Waals surface area contributed by atoms with Gasteiger partial charge >= 0.3 is 12.1 Å². The van der Waals surface area contributed by atoms with Gasteiger partial charge in [0, 0.05) is 17.1 Å². The van der Waals surface area contributed by atoms with Crippen LogP contribution < -0.4 is 0 Å². The van der Waals surface area contributed by atoms with E-state index in [1.54, 1.807) is 10.6 Å². The highest BCUT2D eigenvalue weighted by Gasteiger charge is 2.31. The number of benzene rings is 2. The number of imidazole rings is 1. The number of halogens is 3. The van der Waals surface area contributed by atoms with Crippen LogP contribution >= 0.6 is 11.3 Å². The summed E-state index contributed by atoms with van der Waals surface area (Å²) in [6, 6.07) is 13.4. The standard InChI is InChI=1S/C20H12F3N3O2S/c21-20(22,23)15-8-4-7-14(11-15)18(27)28-24-12-16-17(13-5-2-1-3-6-13)25-19-26(16)9-10-29-19/h1-12H. The molecule has 0 bridgehead atoms. The van der Waals surface area contributed by atoms with E-state index in [1.165, 1.54) is 23.6 Å². The maximum absolute atomic E-state index is 12.8. The van der Waals surface area contributed by atoms with E-state index in [1.807, 2.05) is 35.7 Å². The number of fused-ring (bicyclic) bond motifs is 1. The monoisotopic (exact) mass is 415 g/mol. The van der Waals surface area contributed by atoms with Crippen molar-refractivity contribution in [3.63, 3.8) is 0 Å². The molecule has 2 aromatic heterocycles.